The molecule has 178 valence electrons. The molecule has 3 rings (SSSR count). The Hall–Kier alpha value is -3.38. The summed E-state index contributed by atoms with van der Waals surface area (Å²) in [5.74, 6) is 1.14. The summed E-state index contributed by atoms with van der Waals surface area (Å²) in [5.41, 5.74) is 0.524. The number of amides is 1. The molecule has 0 radical (unpaired) electrons. The Bertz CT molecular complexity index is 1150. The highest BCUT2D eigenvalue weighted by molar-refractivity contribution is 7.89. The predicted octanol–water partition coefficient (Wildman–Crippen LogP) is 2.33. The average Bonchev–Trinajstić information content (AvgIpc) is 2.76. The lowest BCUT2D eigenvalue weighted by Crippen LogP contribution is -2.33. The van der Waals surface area contributed by atoms with E-state index < -0.39 is 20.6 Å². The van der Waals surface area contributed by atoms with Gasteiger partial charge in [0.15, 0.2) is 11.5 Å². The van der Waals surface area contributed by atoms with Gasteiger partial charge in [-0.2, -0.15) is 0 Å². The van der Waals surface area contributed by atoms with Gasteiger partial charge in [0.25, 0.3) is 5.69 Å². The molecule has 0 aromatic heterocycles. The van der Waals surface area contributed by atoms with Gasteiger partial charge in [-0.05, 0) is 35.7 Å². The average molecular weight is 479 g/mol. The molecule has 0 fully saturated rings. The molecule has 2 aromatic rings. The van der Waals surface area contributed by atoms with Crippen molar-refractivity contribution in [2.24, 2.45) is 11.1 Å². The van der Waals surface area contributed by atoms with Crippen LogP contribution in [0.5, 0.6) is 11.5 Å². The SMILES string of the molecule is CC(C)C(NC(=O)CCNc1ccc(S(N)(=O)=O)cc1[N+](=O)[O-])c1ccc2c(c1)OCCO2. The van der Waals surface area contributed by atoms with Gasteiger partial charge in [-0.3, -0.25) is 14.9 Å². The van der Waals surface area contributed by atoms with Crippen LogP contribution >= 0.6 is 0 Å². The number of anilines is 1. The smallest absolute Gasteiger partial charge is 0.293 e. The maximum absolute atomic E-state index is 12.6. The first kappa shape index (κ1) is 24.3. The molecule has 1 unspecified atom stereocenters. The van der Waals surface area contributed by atoms with Crippen molar-refractivity contribution >= 4 is 27.3 Å². The predicted molar refractivity (Wildman–Crippen MR) is 121 cm³/mol. The van der Waals surface area contributed by atoms with Crippen LogP contribution in [0.25, 0.3) is 0 Å². The molecule has 2 aromatic carbocycles. The van der Waals surface area contributed by atoms with Crippen molar-refractivity contribution < 1.29 is 27.6 Å². The number of benzene rings is 2. The summed E-state index contributed by atoms with van der Waals surface area (Å²) in [6, 6.07) is 8.59. The molecular formula is C21H26N4O7S. The second-order valence-electron chi connectivity index (χ2n) is 7.85. The number of rotatable bonds is 9. The standard InChI is InChI=1S/C21H26N4O7S/c1-13(2)21(14-3-6-18-19(11-14)32-10-9-31-18)24-20(26)7-8-23-16-5-4-15(33(22,29)30)12-17(16)25(27)28/h3-6,11-13,21,23H,7-10H2,1-2H3,(H,24,26)(H2,22,29,30). The number of nitrogens with zero attached hydrogens (tertiary/aromatic N) is 1. The third-order valence-corrected chi connectivity index (χ3v) is 5.98. The normalized spacial score (nSPS) is 13.9. The molecule has 1 heterocycles. The van der Waals surface area contributed by atoms with Crippen LogP contribution < -0.4 is 25.2 Å². The van der Waals surface area contributed by atoms with Crippen molar-refractivity contribution in [2.75, 3.05) is 25.1 Å². The molecule has 1 atom stereocenters. The van der Waals surface area contributed by atoms with Crippen molar-refractivity contribution in [1.29, 1.82) is 0 Å². The lowest BCUT2D eigenvalue weighted by molar-refractivity contribution is -0.384. The summed E-state index contributed by atoms with van der Waals surface area (Å²) in [7, 11) is -4.08. The van der Waals surface area contributed by atoms with Gasteiger partial charge in [0.1, 0.15) is 18.9 Å². The summed E-state index contributed by atoms with van der Waals surface area (Å²) in [5, 5.41) is 22.1. The number of hydrogen-bond acceptors (Lipinski definition) is 8. The Morgan fingerprint density at radius 3 is 2.48 bits per heavy atom. The first-order chi connectivity index (χ1) is 15.6. The van der Waals surface area contributed by atoms with Crippen molar-refractivity contribution in [1.82, 2.24) is 5.32 Å². The summed E-state index contributed by atoms with van der Waals surface area (Å²) >= 11 is 0. The number of carbonyl (C=O) groups excluding carboxylic acids is 1. The fourth-order valence-corrected chi connectivity index (χ4v) is 3.97. The first-order valence-corrected chi connectivity index (χ1v) is 11.8. The first-order valence-electron chi connectivity index (χ1n) is 10.3. The second-order valence-corrected chi connectivity index (χ2v) is 9.41. The van der Waals surface area contributed by atoms with Gasteiger partial charge in [-0.1, -0.05) is 19.9 Å². The highest BCUT2D eigenvalue weighted by Crippen LogP contribution is 2.34. The van der Waals surface area contributed by atoms with E-state index in [0.29, 0.717) is 24.7 Å². The van der Waals surface area contributed by atoms with E-state index in [9.17, 15) is 23.3 Å². The molecule has 4 N–H and O–H groups in total. The summed E-state index contributed by atoms with van der Waals surface area (Å²) in [6.07, 6.45) is 0.0435. The minimum absolute atomic E-state index is 0.0435. The molecular weight excluding hydrogens is 452 g/mol. The molecule has 11 nitrogen and oxygen atoms in total. The monoisotopic (exact) mass is 478 g/mol. The van der Waals surface area contributed by atoms with Crippen LogP contribution in [-0.4, -0.2) is 39.0 Å². The lowest BCUT2D eigenvalue weighted by Gasteiger charge is -2.25. The quantitative estimate of drug-likeness (QED) is 0.365. The van der Waals surface area contributed by atoms with Crippen molar-refractivity contribution in [3.63, 3.8) is 0 Å². The van der Waals surface area contributed by atoms with E-state index in [4.69, 9.17) is 14.6 Å². The lowest BCUT2D eigenvalue weighted by atomic mass is 9.95. The number of ether oxygens (including phenoxy) is 2. The third kappa shape index (κ3) is 6.11. The number of nitrogens with two attached hydrogens (primary N) is 1. The third-order valence-electron chi connectivity index (χ3n) is 5.07. The van der Waals surface area contributed by atoms with Gasteiger partial charge in [-0.25, -0.2) is 13.6 Å². The Balaban J connectivity index is 1.64. The Morgan fingerprint density at radius 1 is 1.15 bits per heavy atom. The van der Waals surface area contributed by atoms with Crippen LogP contribution in [0.1, 0.15) is 31.9 Å². The van der Waals surface area contributed by atoms with Crippen LogP contribution in [0.4, 0.5) is 11.4 Å². The van der Waals surface area contributed by atoms with E-state index in [1.54, 1.807) is 0 Å². The highest BCUT2D eigenvalue weighted by Gasteiger charge is 2.22. The fourth-order valence-electron chi connectivity index (χ4n) is 3.43. The van der Waals surface area contributed by atoms with Crippen LogP contribution in [0.3, 0.4) is 0 Å². The number of primary sulfonamides is 1. The van der Waals surface area contributed by atoms with Crippen LogP contribution in [0.15, 0.2) is 41.3 Å². The highest BCUT2D eigenvalue weighted by atomic mass is 32.2. The van der Waals surface area contributed by atoms with Gasteiger partial charge in [0, 0.05) is 19.0 Å². The number of nitro benzene ring substituents is 1. The van der Waals surface area contributed by atoms with Crippen LogP contribution in [0, 0.1) is 16.0 Å². The van der Waals surface area contributed by atoms with Gasteiger partial charge >= 0.3 is 0 Å². The molecule has 33 heavy (non-hydrogen) atoms. The van der Waals surface area contributed by atoms with Gasteiger partial charge in [0.2, 0.25) is 15.9 Å². The Morgan fingerprint density at radius 2 is 1.85 bits per heavy atom. The molecule has 1 aliphatic heterocycles. The van der Waals surface area contributed by atoms with E-state index in [2.05, 4.69) is 10.6 Å². The Labute approximate surface area is 191 Å². The molecule has 0 saturated heterocycles. The molecule has 0 aliphatic carbocycles. The number of carbonyl (C=O) groups is 1. The zero-order valence-electron chi connectivity index (χ0n) is 18.2. The van der Waals surface area contributed by atoms with E-state index in [1.807, 2.05) is 32.0 Å². The van der Waals surface area contributed by atoms with Crippen molar-refractivity contribution in [3.05, 3.63) is 52.1 Å². The summed E-state index contributed by atoms with van der Waals surface area (Å²) in [6.45, 7) is 5.03. The number of fused-ring (bicyclic) bond motifs is 1. The fraction of sp³-hybridized carbons (Fsp3) is 0.381. The largest absolute Gasteiger partial charge is 0.486 e. The van der Waals surface area contributed by atoms with Gasteiger partial charge in [0.05, 0.1) is 15.9 Å². The van der Waals surface area contributed by atoms with Gasteiger partial charge < -0.3 is 20.1 Å². The summed E-state index contributed by atoms with van der Waals surface area (Å²) < 4.78 is 34.0. The zero-order chi connectivity index (χ0) is 24.2. The van der Waals surface area contributed by atoms with Gasteiger partial charge in [-0.15, -0.1) is 0 Å². The van der Waals surface area contributed by atoms with E-state index >= 15 is 0 Å². The van der Waals surface area contributed by atoms with E-state index in [1.165, 1.54) is 12.1 Å². The summed E-state index contributed by atoms with van der Waals surface area (Å²) in [4.78, 5) is 22.8. The maximum Gasteiger partial charge on any atom is 0.293 e. The van der Waals surface area contributed by atoms with Crippen molar-refractivity contribution in [2.45, 2.75) is 31.2 Å². The molecule has 0 spiro atoms. The topological polar surface area (TPSA) is 163 Å². The minimum atomic E-state index is -4.08. The second kappa shape index (κ2) is 10.0. The molecule has 0 bridgehead atoms. The van der Waals surface area contributed by atoms with E-state index in [-0.39, 0.29) is 41.4 Å². The number of nitro groups is 1. The molecule has 0 saturated carbocycles. The molecule has 12 heteroatoms. The number of sulfonamides is 1. The van der Waals surface area contributed by atoms with E-state index in [0.717, 1.165) is 11.6 Å². The van der Waals surface area contributed by atoms with Crippen LogP contribution in [0.2, 0.25) is 0 Å². The van der Waals surface area contributed by atoms with Crippen LogP contribution in [-0.2, 0) is 14.8 Å². The maximum atomic E-state index is 12.6. The number of nitrogens with one attached hydrogen (secondary N) is 2. The zero-order valence-corrected chi connectivity index (χ0v) is 19.1. The molecule has 1 aliphatic rings. The minimum Gasteiger partial charge on any atom is -0.486 e. The van der Waals surface area contributed by atoms with Crippen molar-refractivity contribution in [3.8, 4) is 11.5 Å². The Kier molecular flexibility index (Phi) is 7.39. The number of hydrogen-bond donors (Lipinski definition) is 3. The molecule has 1 amide bonds.